The van der Waals surface area contributed by atoms with Crippen molar-refractivity contribution in [3.05, 3.63) is 53.7 Å². The van der Waals surface area contributed by atoms with Crippen LogP contribution in [-0.4, -0.2) is 31.3 Å². The van der Waals surface area contributed by atoms with Crippen molar-refractivity contribution in [3.8, 4) is 11.9 Å². The zero-order valence-corrected chi connectivity index (χ0v) is 16.3. The van der Waals surface area contributed by atoms with Crippen LogP contribution in [0.25, 0.3) is 0 Å². The SMILES string of the molecule is CC(=O)c1cccc(S(=O)(=O)NC2CCC(Oc3ccc(C#N)cn3)CC2)c1. The maximum absolute atomic E-state index is 12.6. The van der Waals surface area contributed by atoms with Crippen LogP contribution in [0.5, 0.6) is 5.88 Å². The average molecular weight is 399 g/mol. The highest BCUT2D eigenvalue weighted by Gasteiger charge is 2.27. The Bertz CT molecular complexity index is 989. The van der Waals surface area contributed by atoms with Crippen molar-refractivity contribution in [1.29, 1.82) is 5.26 Å². The third-order valence-corrected chi connectivity index (χ3v) is 6.22. The molecular formula is C20H21N3O4S. The highest BCUT2D eigenvalue weighted by Crippen LogP contribution is 2.24. The minimum Gasteiger partial charge on any atom is -0.474 e. The van der Waals surface area contributed by atoms with Gasteiger partial charge in [-0.3, -0.25) is 4.79 Å². The summed E-state index contributed by atoms with van der Waals surface area (Å²) in [5.74, 6) is 0.287. The van der Waals surface area contributed by atoms with Gasteiger partial charge in [-0.25, -0.2) is 18.1 Å². The molecule has 1 aliphatic carbocycles. The smallest absolute Gasteiger partial charge is 0.240 e. The van der Waals surface area contributed by atoms with Crippen LogP contribution >= 0.6 is 0 Å². The van der Waals surface area contributed by atoms with Crippen molar-refractivity contribution < 1.29 is 17.9 Å². The fraction of sp³-hybridized carbons (Fsp3) is 0.350. The number of benzene rings is 1. The Morgan fingerprint density at radius 1 is 1.21 bits per heavy atom. The molecule has 7 nitrogen and oxygen atoms in total. The second-order valence-electron chi connectivity index (χ2n) is 6.79. The van der Waals surface area contributed by atoms with Crippen molar-refractivity contribution in [2.24, 2.45) is 0 Å². The van der Waals surface area contributed by atoms with Crippen molar-refractivity contribution in [2.45, 2.75) is 49.6 Å². The number of nitrogens with one attached hydrogen (secondary N) is 1. The van der Waals surface area contributed by atoms with E-state index in [1.165, 1.54) is 25.3 Å². The number of nitriles is 1. The number of ether oxygens (including phenoxy) is 1. The average Bonchev–Trinajstić information content (AvgIpc) is 2.70. The molecule has 1 aromatic carbocycles. The van der Waals surface area contributed by atoms with E-state index in [1.807, 2.05) is 6.07 Å². The number of aromatic nitrogens is 1. The third kappa shape index (κ3) is 4.94. The van der Waals surface area contributed by atoms with Gasteiger partial charge in [0.1, 0.15) is 12.2 Å². The quantitative estimate of drug-likeness (QED) is 0.748. The highest BCUT2D eigenvalue weighted by molar-refractivity contribution is 7.89. The number of hydrogen-bond donors (Lipinski definition) is 1. The van der Waals surface area contributed by atoms with Crippen LogP contribution in [0.15, 0.2) is 47.5 Å². The second-order valence-corrected chi connectivity index (χ2v) is 8.51. The summed E-state index contributed by atoms with van der Waals surface area (Å²) in [6.45, 7) is 1.41. The third-order valence-electron chi connectivity index (χ3n) is 4.70. The second kappa shape index (κ2) is 8.50. The Balaban J connectivity index is 1.56. The summed E-state index contributed by atoms with van der Waals surface area (Å²) in [5.41, 5.74) is 0.842. The lowest BCUT2D eigenvalue weighted by molar-refractivity contribution is 0.101. The topological polar surface area (TPSA) is 109 Å². The van der Waals surface area contributed by atoms with E-state index in [0.29, 0.717) is 42.7 Å². The van der Waals surface area contributed by atoms with Crippen LogP contribution in [-0.2, 0) is 10.0 Å². The van der Waals surface area contributed by atoms with E-state index < -0.39 is 10.0 Å². The number of sulfonamides is 1. The lowest BCUT2D eigenvalue weighted by Gasteiger charge is -2.29. The number of rotatable bonds is 6. The summed E-state index contributed by atoms with van der Waals surface area (Å²) in [4.78, 5) is 15.7. The van der Waals surface area contributed by atoms with Crippen LogP contribution in [0.1, 0.15) is 48.5 Å². The maximum atomic E-state index is 12.6. The molecule has 2 aromatic rings. The summed E-state index contributed by atoms with van der Waals surface area (Å²) < 4.78 is 33.8. The highest BCUT2D eigenvalue weighted by atomic mass is 32.2. The first-order chi connectivity index (χ1) is 13.4. The largest absolute Gasteiger partial charge is 0.474 e. The summed E-state index contributed by atoms with van der Waals surface area (Å²) >= 11 is 0. The van der Waals surface area contributed by atoms with E-state index in [1.54, 1.807) is 24.3 Å². The standard InChI is InChI=1S/C20H21N3O4S/c1-14(24)16-3-2-4-19(11-16)28(25,26)23-17-6-8-18(9-7-17)27-20-10-5-15(12-21)13-22-20/h2-5,10-11,13,17-18,23H,6-9H2,1H3. The molecule has 1 N–H and O–H groups in total. The van der Waals surface area contributed by atoms with Crippen LogP contribution in [0, 0.1) is 11.3 Å². The monoisotopic (exact) mass is 399 g/mol. The number of nitrogens with zero attached hydrogens (tertiary/aromatic N) is 2. The molecule has 0 amide bonds. The summed E-state index contributed by atoms with van der Waals surface area (Å²) in [5, 5.41) is 8.79. The van der Waals surface area contributed by atoms with Gasteiger partial charge in [-0.1, -0.05) is 12.1 Å². The van der Waals surface area contributed by atoms with Gasteiger partial charge in [0.15, 0.2) is 5.78 Å². The molecule has 3 rings (SSSR count). The fourth-order valence-electron chi connectivity index (χ4n) is 3.16. The van der Waals surface area contributed by atoms with Crippen LogP contribution in [0.2, 0.25) is 0 Å². The molecule has 146 valence electrons. The number of pyridine rings is 1. The first-order valence-electron chi connectivity index (χ1n) is 9.03. The first-order valence-corrected chi connectivity index (χ1v) is 10.5. The van der Waals surface area contributed by atoms with Crippen LogP contribution in [0.3, 0.4) is 0 Å². The molecular weight excluding hydrogens is 378 g/mol. The number of carbonyl (C=O) groups excluding carboxylic acids is 1. The molecule has 0 aliphatic heterocycles. The van der Waals surface area contributed by atoms with Gasteiger partial charge in [-0.15, -0.1) is 0 Å². The van der Waals surface area contributed by atoms with E-state index in [2.05, 4.69) is 9.71 Å². The molecule has 1 fully saturated rings. The lowest BCUT2D eigenvalue weighted by atomic mass is 9.94. The van der Waals surface area contributed by atoms with Gasteiger partial charge in [0.05, 0.1) is 10.5 Å². The molecule has 1 saturated carbocycles. The predicted molar refractivity (Wildman–Crippen MR) is 102 cm³/mol. The van der Waals surface area contributed by atoms with Gasteiger partial charge in [0.2, 0.25) is 15.9 Å². The van der Waals surface area contributed by atoms with E-state index in [4.69, 9.17) is 10.00 Å². The zero-order valence-electron chi connectivity index (χ0n) is 15.5. The Morgan fingerprint density at radius 3 is 2.57 bits per heavy atom. The minimum absolute atomic E-state index is 0.0396. The Kier molecular flexibility index (Phi) is 6.07. The predicted octanol–water partition coefficient (Wildman–Crippen LogP) is 2.82. The number of Topliss-reactive ketones (excluding diaryl/α,β-unsaturated/α-hetero) is 1. The van der Waals surface area contributed by atoms with Gasteiger partial charge in [-0.2, -0.15) is 5.26 Å². The molecule has 28 heavy (non-hydrogen) atoms. The van der Waals surface area contributed by atoms with Crippen molar-refractivity contribution in [2.75, 3.05) is 0 Å². The molecule has 8 heteroatoms. The molecule has 0 bridgehead atoms. The van der Waals surface area contributed by atoms with E-state index in [9.17, 15) is 13.2 Å². The Hall–Kier alpha value is -2.76. The Labute approximate surface area is 164 Å². The van der Waals surface area contributed by atoms with Crippen LogP contribution < -0.4 is 9.46 Å². The minimum atomic E-state index is -3.69. The summed E-state index contributed by atoms with van der Waals surface area (Å²) in [6, 6.07) is 11.2. The van der Waals surface area contributed by atoms with Gasteiger partial charge in [-0.05, 0) is 50.8 Å². The summed E-state index contributed by atoms with van der Waals surface area (Å²) in [7, 11) is -3.69. The fourth-order valence-corrected chi connectivity index (χ4v) is 4.51. The molecule has 0 spiro atoms. The number of carbonyl (C=O) groups is 1. The zero-order chi connectivity index (χ0) is 20.1. The molecule has 0 atom stereocenters. The van der Waals surface area contributed by atoms with Crippen LogP contribution in [0.4, 0.5) is 0 Å². The normalized spacial score (nSPS) is 19.6. The molecule has 0 radical (unpaired) electrons. The molecule has 0 saturated heterocycles. The van der Waals surface area contributed by atoms with Gasteiger partial charge >= 0.3 is 0 Å². The van der Waals surface area contributed by atoms with E-state index >= 15 is 0 Å². The van der Waals surface area contributed by atoms with Crippen molar-refractivity contribution in [3.63, 3.8) is 0 Å². The van der Waals surface area contributed by atoms with E-state index in [0.717, 1.165) is 0 Å². The van der Waals surface area contributed by atoms with Crippen molar-refractivity contribution >= 4 is 15.8 Å². The molecule has 1 heterocycles. The number of ketones is 1. The molecule has 1 aliphatic rings. The molecule has 1 aromatic heterocycles. The van der Waals surface area contributed by atoms with Gasteiger partial charge in [0, 0.05) is 23.9 Å². The Morgan fingerprint density at radius 2 is 1.96 bits per heavy atom. The number of hydrogen-bond acceptors (Lipinski definition) is 6. The van der Waals surface area contributed by atoms with E-state index in [-0.39, 0.29) is 22.8 Å². The van der Waals surface area contributed by atoms with Gasteiger partial charge < -0.3 is 4.74 Å². The van der Waals surface area contributed by atoms with Gasteiger partial charge in [0.25, 0.3) is 0 Å². The lowest BCUT2D eigenvalue weighted by Crippen LogP contribution is -2.39. The maximum Gasteiger partial charge on any atom is 0.240 e. The molecule has 0 unspecified atom stereocenters. The first kappa shape index (κ1) is 20.0. The van der Waals surface area contributed by atoms with Crippen molar-refractivity contribution in [1.82, 2.24) is 9.71 Å². The summed E-state index contributed by atoms with van der Waals surface area (Å²) in [6.07, 6.45) is 4.11.